The van der Waals surface area contributed by atoms with E-state index in [2.05, 4.69) is 11.9 Å². The van der Waals surface area contributed by atoms with Crippen LogP contribution in [0.25, 0.3) is 0 Å². The monoisotopic (exact) mass is 419 g/mol. The molecule has 1 unspecified atom stereocenters. The Morgan fingerprint density at radius 1 is 1.10 bits per heavy atom. The number of fused-ring (bicyclic) bond motifs is 1. The fourth-order valence-electron chi connectivity index (χ4n) is 4.10. The molecule has 0 N–H and O–H groups in total. The third-order valence-corrected chi connectivity index (χ3v) is 6.04. The number of benzene rings is 1. The maximum absolute atomic E-state index is 14.5. The van der Waals surface area contributed by atoms with Gasteiger partial charge in [0.2, 0.25) is 5.88 Å². The van der Waals surface area contributed by atoms with Crippen molar-refractivity contribution in [3.8, 4) is 11.6 Å². The van der Waals surface area contributed by atoms with Crippen molar-refractivity contribution in [2.45, 2.75) is 70.7 Å². The second-order valence-electron chi connectivity index (χ2n) is 8.19. The molecule has 1 fully saturated rings. The summed E-state index contributed by atoms with van der Waals surface area (Å²) in [7, 11) is 1.91. The Balaban J connectivity index is 1.48. The molecular weight excluding hydrogens is 392 g/mol. The standard InChI is InChI=1S/C22H27F2N3O3/c1-14-8-9-27-20(26(14)2)12-19(25-22(27)28)29-13-15-10-17(23)21(18(24)11-15)30-16-6-4-3-5-7-16/h10-12,14,16H,3-9,13H2,1-2H3. The van der Waals surface area contributed by atoms with Crippen molar-refractivity contribution >= 4 is 5.82 Å². The van der Waals surface area contributed by atoms with Crippen molar-refractivity contribution in [2.24, 2.45) is 0 Å². The molecule has 1 aromatic heterocycles. The topological polar surface area (TPSA) is 56.6 Å². The van der Waals surface area contributed by atoms with Gasteiger partial charge in [0.25, 0.3) is 0 Å². The SMILES string of the molecule is CC1CCn2c(cc(OCc3cc(F)c(OC4CCCCC4)c(F)c3)nc2=O)N1C. The number of ether oxygens (including phenoxy) is 2. The minimum atomic E-state index is -0.744. The largest absolute Gasteiger partial charge is 0.484 e. The van der Waals surface area contributed by atoms with E-state index in [0.717, 1.165) is 44.3 Å². The Morgan fingerprint density at radius 2 is 1.80 bits per heavy atom. The van der Waals surface area contributed by atoms with E-state index in [1.54, 1.807) is 10.6 Å². The van der Waals surface area contributed by atoms with Crippen molar-refractivity contribution in [2.75, 3.05) is 11.9 Å². The van der Waals surface area contributed by atoms with Crippen molar-refractivity contribution < 1.29 is 18.3 Å². The van der Waals surface area contributed by atoms with E-state index in [1.165, 1.54) is 12.1 Å². The molecule has 2 aromatic rings. The highest BCUT2D eigenvalue weighted by Crippen LogP contribution is 2.29. The van der Waals surface area contributed by atoms with Crippen molar-refractivity contribution in [3.63, 3.8) is 0 Å². The summed E-state index contributed by atoms with van der Waals surface area (Å²) in [6, 6.07) is 4.39. The molecule has 0 saturated heterocycles. The predicted molar refractivity (Wildman–Crippen MR) is 109 cm³/mol. The minimum Gasteiger partial charge on any atom is -0.484 e. The molecule has 0 radical (unpaired) electrons. The molecule has 1 aliphatic carbocycles. The van der Waals surface area contributed by atoms with Crippen LogP contribution in [-0.4, -0.2) is 28.7 Å². The molecule has 1 aliphatic heterocycles. The highest BCUT2D eigenvalue weighted by Gasteiger charge is 2.23. The second kappa shape index (κ2) is 8.62. The van der Waals surface area contributed by atoms with Gasteiger partial charge in [0.15, 0.2) is 17.4 Å². The van der Waals surface area contributed by atoms with Crippen LogP contribution in [0.15, 0.2) is 23.0 Å². The van der Waals surface area contributed by atoms with Crippen LogP contribution in [0.1, 0.15) is 51.0 Å². The van der Waals surface area contributed by atoms with E-state index in [0.29, 0.717) is 18.2 Å². The summed E-state index contributed by atoms with van der Waals surface area (Å²) in [4.78, 5) is 18.2. The van der Waals surface area contributed by atoms with Gasteiger partial charge >= 0.3 is 5.69 Å². The molecule has 8 heteroatoms. The first-order chi connectivity index (χ1) is 14.4. The lowest BCUT2D eigenvalue weighted by molar-refractivity contribution is 0.142. The van der Waals surface area contributed by atoms with Crippen LogP contribution in [-0.2, 0) is 13.2 Å². The van der Waals surface area contributed by atoms with E-state index in [-0.39, 0.29) is 24.3 Å². The average Bonchev–Trinajstić information content (AvgIpc) is 2.73. The van der Waals surface area contributed by atoms with Gasteiger partial charge in [-0.15, -0.1) is 0 Å². The van der Waals surface area contributed by atoms with Crippen LogP contribution < -0.4 is 20.1 Å². The smallest absolute Gasteiger partial charge is 0.352 e. The molecule has 1 aromatic carbocycles. The Hall–Kier alpha value is -2.64. The molecule has 2 aliphatic rings. The zero-order chi connectivity index (χ0) is 21.3. The normalized spacial score (nSPS) is 19.5. The van der Waals surface area contributed by atoms with Gasteiger partial charge in [0.1, 0.15) is 12.4 Å². The van der Waals surface area contributed by atoms with Gasteiger partial charge in [-0.3, -0.25) is 4.57 Å². The van der Waals surface area contributed by atoms with E-state index < -0.39 is 17.3 Å². The van der Waals surface area contributed by atoms with Gasteiger partial charge in [-0.2, -0.15) is 4.98 Å². The van der Waals surface area contributed by atoms with Crippen LogP contribution in [0.2, 0.25) is 0 Å². The Kier molecular flexibility index (Phi) is 5.92. The molecule has 2 heterocycles. The molecule has 162 valence electrons. The number of hydrogen-bond donors (Lipinski definition) is 0. The van der Waals surface area contributed by atoms with Crippen LogP contribution in [0.4, 0.5) is 14.6 Å². The molecule has 0 bridgehead atoms. The zero-order valence-electron chi connectivity index (χ0n) is 17.4. The van der Waals surface area contributed by atoms with Crippen LogP contribution >= 0.6 is 0 Å². The fraction of sp³-hybridized carbons (Fsp3) is 0.545. The van der Waals surface area contributed by atoms with Gasteiger partial charge in [-0.1, -0.05) is 6.42 Å². The first kappa shape index (κ1) is 20.6. The van der Waals surface area contributed by atoms with Gasteiger partial charge in [0.05, 0.1) is 6.10 Å². The second-order valence-corrected chi connectivity index (χ2v) is 8.19. The summed E-state index contributed by atoms with van der Waals surface area (Å²) < 4.78 is 41.7. The number of rotatable bonds is 5. The molecular formula is C22H27F2N3O3. The van der Waals surface area contributed by atoms with Crippen LogP contribution in [0, 0.1) is 11.6 Å². The maximum Gasteiger partial charge on any atom is 0.352 e. The number of anilines is 1. The summed E-state index contributed by atoms with van der Waals surface area (Å²) in [5, 5.41) is 0. The van der Waals surface area contributed by atoms with Crippen molar-refractivity contribution in [3.05, 3.63) is 45.9 Å². The maximum atomic E-state index is 14.5. The van der Waals surface area contributed by atoms with Gasteiger partial charge < -0.3 is 14.4 Å². The Morgan fingerprint density at radius 3 is 2.50 bits per heavy atom. The van der Waals surface area contributed by atoms with Gasteiger partial charge in [-0.25, -0.2) is 13.6 Å². The van der Waals surface area contributed by atoms with Gasteiger partial charge in [-0.05, 0) is 56.7 Å². The lowest BCUT2D eigenvalue weighted by Crippen LogP contribution is -2.41. The summed E-state index contributed by atoms with van der Waals surface area (Å²) in [5.41, 5.74) is -0.0859. The third-order valence-electron chi connectivity index (χ3n) is 6.04. The van der Waals surface area contributed by atoms with E-state index >= 15 is 0 Å². The summed E-state index contributed by atoms with van der Waals surface area (Å²) in [6.45, 7) is 2.58. The first-order valence-electron chi connectivity index (χ1n) is 10.5. The quantitative estimate of drug-likeness (QED) is 0.732. The highest BCUT2D eigenvalue weighted by molar-refractivity contribution is 5.44. The number of nitrogens with zero attached hydrogens (tertiary/aromatic N) is 3. The summed E-state index contributed by atoms with van der Waals surface area (Å²) in [5.74, 6) is -0.961. The number of halogens is 2. The fourth-order valence-corrected chi connectivity index (χ4v) is 4.10. The summed E-state index contributed by atoms with van der Waals surface area (Å²) in [6.07, 6.45) is 5.52. The molecule has 4 rings (SSSR count). The average molecular weight is 419 g/mol. The lowest BCUT2D eigenvalue weighted by atomic mass is 9.98. The minimum absolute atomic E-state index is 0.104. The molecule has 6 nitrogen and oxygen atoms in total. The molecule has 30 heavy (non-hydrogen) atoms. The van der Waals surface area contributed by atoms with Crippen LogP contribution in [0.5, 0.6) is 11.6 Å². The van der Waals surface area contributed by atoms with Crippen LogP contribution in [0.3, 0.4) is 0 Å². The predicted octanol–water partition coefficient (Wildman–Crippen LogP) is 4.04. The van der Waals surface area contributed by atoms with Gasteiger partial charge in [0, 0.05) is 25.7 Å². The zero-order valence-corrected chi connectivity index (χ0v) is 17.4. The van der Waals surface area contributed by atoms with Crippen molar-refractivity contribution in [1.29, 1.82) is 0 Å². The third kappa shape index (κ3) is 4.27. The van der Waals surface area contributed by atoms with Crippen molar-refractivity contribution in [1.82, 2.24) is 9.55 Å². The number of hydrogen-bond acceptors (Lipinski definition) is 5. The van der Waals surface area contributed by atoms with E-state index in [9.17, 15) is 13.6 Å². The molecule has 1 saturated carbocycles. The summed E-state index contributed by atoms with van der Waals surface area (Å²) >= 11 is 0. The molecule has 0 spiro atoms. The van der Waals surface area contributed by atoms with E-state index in [1.807, 2.05) is 11.9 Å². The highest BCUT2D eigenvalue weighted by atomic mass is 19.1. The number of aromatic nitrogens is 2. The first-order valence-corrected chi connectivity index (χ1v) is 10.5. The molecule has 0 amide bonds. The molecule has 1 atom stereocenters. The lowest BCUT2D eigenvalue weighted by Gasteiger charge is -2.34. The Labute approximate surface area is 174 Å². The Bertz CT molecular complexity index is 950. The van der Waals surface area contributed by atoms with E-state index in [4.69, 9.17) is 9.47 Å².